The number of nitrogens with one attached hydrogen (secondary N) is 1. The van der Waals surface area contributed by atoms with E-state index in [0.717, 1.165) is 22.2 Å². The standard InChI is InChI=1S/C28H32N4O3S/c1-5-29-24(33)17-21-18-36-28-30-19(4)25(27(34)31(6-2)7-3)26(32(21)28)20-12-11-15-23(16-20)35-22-13-9-8-10-14-22/h8-16,18,26H,5-7,17H2,1-4H3,(H,29,33)/t26-/m1/s1. The van der Waals surface area contributed by atoms with Crippen molar-refractivity contribution in [1.82, 2.24) is 15.1 Å². The van der Waals surface area contributed by atoms with E-state index in [-0.39, 0.29) is 18.2 Å². The van der Waals surface area contributed by atoms with Crippen LogP contribution in [0.4, 0.5) is 0 Å². The van der Waals surface area contributed by atoms with Crippen molar-refractivity contribution in [3.05, 3.63) is 82.5 Å². The number of rotatable bonds is 9. The molecule has 8 heteroatoms. The Morgan fingerprint density at radius 1 is 1.06 bits per heavy atom. The van der Waals surface area contributed by atoms with Crippen LogP contribution in [0.2, 0.25) is 0 Å². The van der Waals surface area contributed by atoms with Gasteiger partial charge in [-0.15, -0.1) is 0 Å². The number of para-hydroxylation sites is 1. The summed E-state index contributed by atoms with van der Waals surface area (Å²) in [5.74, 6) is 1.30. The molecule has 2 heterocycles. The average Bonchev–Trinajstić information content (AvgIpc) is 3.26. The van der Waals surface area contributed by atoms with Gasteiger partial charge in [0.25, 0.3) is 5.91 Å². The van der Waals surface area contributed by atoms with Gasteiger partial charge in [-0.3, -0.25) is 9.59 Å². The van der Waals surface area contributed by atoms with Crippen LogP contribution in [-0.4, -0.2) is 46.4 Å². The zero-order chi connectivity index (χ0) is 25.7. The highest BCUT2D eigenvalue weighted by molar-refractivity contribution is 8.16. The van der Waals surface area contributed by atoms with E-state index >= 15 is 0 Å². The first-order valence-electron chi connectivity index (χ1n) is 12.3. The lowest BCUT2D eigenvalue weighted by molar-refractivity contribution is -0.127. The maximum Gasteiger partial charge on any atom is 0.254 e. The first-order valence-corrected chi connectivity index (χ1v) is 13.2. The van der Waals surface area contributed by atoms with Gasteiger partial charge in [-0.25, -0.2) is 4.99 Å². The minimum atomic E-state index is -0.430. The van der Waals surface area contributed by atoms with Crippen LogP contribution < -0.4 is 10.1 Å². The summed E-state index contributed by atoms with van der Waals surface area (Å²) in [6.45, 7) is 9.51. The molecule has 0 unspecified atom stereocenters. The third kappa shape index (κ3) is 5.33. The van der Waals surface area contributed by atoms with Crippen molar-refractivity contribution in [2.75, 3.05) is 19.6 Å². The van der Waals surface area contributed by atoms with Gasteiger partial charge in [0, 0.05) is 25.3 Å². The number of likely N-dealkylation sites (N-methyl/N-ethyl adjacent to an activating group) is 1. The molecule has 0 radical (unpaired) electrons. The third-order valence-electron chi connectivity index (χ3n) is 6.15. The molecule has 0 saturated heterocycles. The fraction of sp³-hybridized carbons (Fsp3) is 0.321. The summed E-state index contributed by atoms with van der Waals surface area (Å²) < 4.78 is 6.11. The van der Waals surface area contributed by atoms with Gasteiger partial charge in [-0.2, -0.15) is 0 Å². The molecule has 36 heavy (non-hydrogen) atoms. The van der Waals surface area contributed by atoms with Gasteiger partial charge >= 0.3 is 0 Å². The Hall–Kier alpha value is -3.52. The van der Waals surface area contributed by atoms with Crippen molar-refractivity contribution >= 4 is 28.7 Å². The second-order valence-corrected chi connectivity index (χ2v) is 9.32. The fourth-order valence-electron chi connectivity index (χ4n) is 4.44. The Bertz CT molecular complexity index is 1220. The van der Waals surface area contributed by atoms with Crippen LogP contribution in [0.15, 0.2) is 82.0 Å². The van der Waals surface area contributed by atoms with Crippen molar-refractivity contribution in [1.29, 1.82) is 0 Å². The number of aliphatic imine (C=N–C) groups is 1. The van der Waals surface area contributed by atoms with Crippen LogP contribution in [0.5, 0.6) is 11.5 Å². The molecule has 0 spiro atoms. The minimum absolute atomic E-state index is 0.0473. The van der Waals surface area contributed by atoms with E-state index < -0.39 is 6.04 Å². The lowest BCUT2D eigenvalue weighted by Crippen LogP contribution is -2.42. The molecule has 0 bridgehead atoms. The molecule has 2 aliphatic heterocycles. The molecule has 2 amide bonds. The normalized spacial score (nSPS) is 16.8. The molecule has 2 aliphatic rings. The van der Waals surface area contributed by atoms with Gasteiger partial charge in [-0.1, -0.05) is 42.1 Å². The van der Waals surface area contributed by atoms with Crippen molar-refractivity contribution < 1.29 is 14.3 Å². The van der Waals surface area contributed by atoms with Gasteiger partial charge < -0.3 is 19.9 Å². The van der Waals surface area contributed by atoms with Crippen molar-refractivity contribution in [2.24, 2.45) is 4.99 Å². The summed E-state index contributed by atoms with van der Waals surface area (Å²) in [6, 6.07) is 17.0. The molecule has 188 valence electrons. The summed E-state index contributed by atoms with van der Waals surface area (Å²) in [6.07, 6.45) is 0.211. The lowest BCUT2D eigenvalue weighted by atomic mass is 9.92. The van der Waals surface area contributed by atoms with E-state index in [0.29, 0.717) is 36.7 Å². The minimum Gasteiger partial charge on any atom is -0.457 e. The number of thioether (sulfide) groups is 1. The SMILES string of the molecule is CCNC(=O)CC1=CSC2=NC(C)=C(C(=O)N(CC)CC)[C@@H](c3cccc(Oc4ccccc4)c3)N12. The molecule has 2 aromatic carbocycles. The molecular formula is C28H32N4O3S. The summed E-state index contributed by atoms with van der Waals surface area (Å²) in [4.78, 5) is 34.9. The summed E-state index contributed by atoms with van der Waals surface area (Å²) in [5.41, 5.74) is 3.03. The number of fused-ring (bicyclic) bond motifs is 1. The zero-order valence-electron chi connectivity index (χ0n) is 21.2. The Morgan fingerprint density at radius 2 is 1.78 bits per heavy atom. The number of allylic oxidation sites excluding steroid dienone is 1. The molecule has 1 atom stereocenters. The molecular weight excluding hydrogens is 472 g/mol. The maximum atomic E-state index is 13.8. The maximum absolute atomic E-state index is 13.8. The molecule has 0 aliphatic carbocycles. The quantitative estimate of drug-likeness (QED) is 0.492. The monoisotopic (exact) mass is 504 g/mol. The Morgan fingerprint density at radius 3 is 2.47 bits per heavy atom. The molecule has 2 aromatic rings. The fourth-order valence-corrected chi connectivity index (χ4v) is 5.40. The van der Waals surface area contributed by atoms with E-state index in [1.807, 2.05) is 97.5 Å². The second kappa shape index (κ2) is 11.5. The van der Waals surface area contributed by atoms with Crippen LogP contribution in [0.25, 0.3) is 0 Å². The third-order valence-corrected chi connectivity index (χ3v) is 7.04. The van der Waals surface area contributed by atoms with Crippen LogP contribution in [0.3, 0.4) is 0 Å². The van der Waals surface area contributed by atoms with Crippen LogP contribution in [-0.2, 0) is 9.59 Å². The molecule has 0 aromatic heterocycles. The van der Waals surface area contributed by atoms with Crippen molar-refractivity contribution in [3.63, 3.8) is 0 Å². The molecule has 0 fully saturated rings. The number of benzene rings is 2. The van der Waals surface area contributed by atoms with Crippen LogP contribution >= 0.6 is 11.8 Å². The predicted molar refractivity (Wildman–Crippen MR) is 145 cm³/mol. The van der Waals surface area contributed by atoms with E-state index in [4.69, 9.17) is 9.73 Å². The molecule has 7 nitrogen and oxygen atoms in total. The number of carbonyl (C=O) groups excluding carboxylic acids is 2. The summed E-state index contributed by atoms with van der Waals surface area (Å²) in [7, 11) is 0. The number of carbonyl (C=O) groups is 2. The van der Waals surface area contributed by atoms with Gasteiger partial charge in [-0.05, 0) is 62.9 Å². The topological polar surface area (TPSA) is 74.2 Å². The van der Waals surface area contributed by atoms with E-state index in [9.17, 15) is 9.59 Å². The second-order valence-electron chi connectivity index (χ2n) is 8.49. The largest absolute Gasteiger partial charge is 0.457 e. The number of nitrogens with zero attached hydrogens (tertiary/aromatic N) is 3. The highest BCUT2D eigenvalue weighted by Gasteiger charge is 2.41. The van der Waals surface area contributed by atoms with Gasteiger partial charge in [0.15, 0.2) is 5.17 Å². The lowest BCUT2D eigenvalue weighted by Gasteiger charge is -2.38. The number of hydrogen-bond acceptors (Lipinski definition) is 6. The smallest absolute Gasteiger partial charge is 0.254 e. The van der Waals surface area contributed by atoms with Gasteiger partial charge in [0.2, 0.25) is 5.91 Å². The zero-order valence-corrected chi connectivity index (χ0v) is 22.0. The summed E-state index contributed by atoms with van der Waals surface area (Å²) >= 11 is 1.48. The van der Waals surface area contributed by atoms with Crippen molar-refractivity contribution in [3.8, 4) is 11.5 Å². The number of amides is 2. The van der Waals surface area contributed by atoms with Crippen molar-refractivity contribution in [2.45, 2.75) is 40.2 Å². The number of amidine groups is 1. The van der Waals surface area contributed by atoms with Crippen LogP contribution in [0, 0.1) is 0 Å². The van der Waals surface area contributed by atoms with E-state index in [1.54, 1.807) is 0 Å². The predicted octanol–water partition coefficient (Wildman–Crippen LogP) is 5.45. The Kier molecular flexibility index (Phi) is 8.15. The van der Waals surface area contributed by atoms with Crippen LogP contribution in [0.1, 0.15) is 45.7 Å². The number of hydrogen-bond donors (Lipinski definition) is 1. The summed E-state index contributed by atoms with van der Waals surface area (Å²) in [5, 5.41) is 5.60. The highest BCUT2D eigenvalue weighted by Crippen LogP contribution is 2.45. The Labute approximate surface area is 216 Å². The van der Waals surface area contributed by atoms with E-state index in [1.165, 1.54) is 11.8 Å². The first kappa shape index (κ1) is 25.6. The average molecular weight is 505 g/mol. The number of ether oxygens (including phenoxy) is 1. The highest BCUT2D eigenvalue weighted by atomic mass is 32.2. The van der Waals surface area contributed by atoms with Gasteiger partial charge in [0.1, 0.15) is 11.5 Å². The first-order chi connectivity index (χ1) is 17.5. The molecule has 4 rings (SSSR count). The Balaban J connectivity index is 1.78. The van der Waals surface area contributed by atoms with E-state index in [2.05, 4.69) is 5.32 Å². The molecule has 1 N–H and O–H groups in total. The van der Waals surface area contributed by atoms with Gasteiger partial charge in [0.05, 0.1) is 23.7 Å². The molecule has 0 saturated carbocycles.